The van der Waals surface area contributed by atoms with Crippen LogP contribution in [0.4, 0.5) is 11.6 Å². The van der Waals surface area contributed by atoms with Crippen molar-refractivity contribution in [1.29, 1.82) is 0 Å². The van der Waals surface area contributed by atoms with Gasteiger partial charge in [-0.3, -0.25) is 5.10 Å². The van der Waals surface area contributed by atoms with E-state index in [0.717, 1.165) is 59.9 Å². The number of hydrogen-bond donors (Lipinski definition) is 2. The molecule has 53 heavy (non-hydrogen) atoms. The largest absolute Gasteiger partial charge is 0.351 e. The Balaban J connectivity index is 1.29. The second kappa shape index (κ2) is 15.2. The van der Waals surface area contributed by atoms with Crippen LogP contribution >= 0.6 is 0 Å². The lowest BCUT2D eigenvalue weighted by molar-refractivity contribution is 0.367. The van der Waals surface area contributed by atoms with Gasteiger partial charge in [-0.1, -0.05) is 118 Å². The van der Waals surface area contributed by atoms with Gasteiger partial charge >= 0.3 is 0 Å². The normalized spacial score (nSPS) is 17.6. The minimum Gasteiger partial charge on any atom is -0.351 e. The van der Waals surface area contributed by atoms with Gasteiger partial charge in [-0.15, -0.1) is 10.2 Å². The van der Waals surface area contributed by atoms with E-state index in [2.05, 4.69) is 155 Å². The first-order valence-corrected chi connectivity index (χ1v) is 18.9. The molecule has 8 rings (SSSR count). The molecule has 1 saturated heterocycles. The van der Waals surface area contributed by atoms with Crippen molar-refractivity contribution < 1.29 is 0 Å². The lowest BCUT2D eigenvalue weighted by Crippen LogP contribution is -2.53. The van der Waals surface area contributed by atoms with Gasteiger partial charge in [0.25, 0.3) is 0 Å². The van der Waals surface area contributed by atoms with Crippen LogP contribution in [-0.4, -0.2) is 57.6 Å². The number of benzene rings is 4. The Morgan fingerprint density at radius 1 is 0.849 bits per heavy atom. The zero-order chi connectivity index (χ0) is 36.3. The van der Waals surface area contributed by atoms with Crippen LogP contribution in [0.5, 0.6) is 0 Å². The van der Waals surface area contributed by atoms with Crippen molar-refractivity contribution in [2.45, 2.75) is 46.7 Å². The smallest absolute Gasteiger partial charge is 0.195 e. The fraction of sp³-hybridized carbons (Fsp3) is 0.289. The van der Waals surface area contributed by atoms with Gasteiger partial charge in [0.05, 0.1) is 5.52 Å². The first-order chi connectivity index (χ1) is 25.9. The minimum absolute atomic E-state index is 0.337. The number of piperazine rings is 1. The molecule has 1 fully saturated rings. The number of anilines is 2. The van der Waals surface area contributed by atoms with Crippen LogP contribution in [0.2, 0.25) is 0 Å². The van der Waals surface area contributed by atoms with E-state index in [9.17, 15) is 0 Å². The first kappa shape index (κ1) is 34.5. The Labute approximate surface area is 312 Å². The van der Waals surface area contributed by atoms with Gasteiger partial charge < -0.3 is 15.1 Å². The predicted molar refractivity (Wildman–Crippen MR) is 218 cm³/mol. The fourth-order valence-corrected chi connectivity index (χ4v) is 7.76. The summed E-state index contributed by atoms with van der Waals surface area (Å²) in [6, 6.07) is 36.8. The molecule has 3 heterocycles. The molecule has 1 unspecified atom stereocenters. The number of aromatic amines is 1. The number of hydrogen-bond acceptors (Lipinski definition) is 7. The maximum atomic E-state index is 5.43. The molecule has 0 amide bonds. The maximum Gasteiger partial charge on any atom is 0.195 e. The lowest BCUT2D eigenvalue weighted by Gasteiger charge is -2.38. The van der Waals surface area contributed by atoms with Crippen LogP contribution < -0.4 is 15.1 Å². The van der Waals surface area contributed by atoms with Crippen LogP contribution in [0.3, 0.4) is 0 Å². The standard InChI is InChI=1S/C45H48N8/c1-30(2)42-29-52(24-23-46-42)44-45(51-50-43(47-44)35-20-22-41-40(26-35)32(4)48-49-41)53(27-36-17-11-12-18-38(36)33-13-7-5-8-14-33)28-37-25-31(3)19-21-39(37)34-15-9-6-10-16-34/h5-22,26,30-31,42,46H,23-25,27-29H2,1-4H3,(H,48,49)/t31?,42-/m1/s1. The number of nitrogens with zero attached hydrogens (tertiary/aromatic N) is 6. The molecule has 268 valence electrons. The Morgan fingerprint density at radius 2 is 1.60 bits per heavy atom. The molecule has 2 aliphatic rings. The summed E-state index contributed by atoms with van der Waals surface area (Å²) in [5, 5.41) is 22.4. The molecule has 8 nitrogen and oxygen atoms in total. The number of aryl methyl sites for hydroxylation is 1. The maximum absolute atomic E-state index is 5.43. The molecule has 2 atom stereocenters. The van der Waals surface area contributed by atoms with E-state index in [1.165, 1.54) is 33.4 Å². The average molecular weight is 701 g/mol. The number of fused-ring (bicyclic) bond motifs is 1. The first-order valence-electron chi connectivity index (χ1n) is 18.9. The molecule has 1 aliphatic carbocycles. The highest BCUT2D eigenvalue weighted by molar-refractivity contribution is 5.86. The molecule has 1 aliphatic heterocycles. The molecule has 0 bridgehead atoms. The van der Waals surface area contributed by atoms with Gasteiger partial charge in [-0.05, 0) is 76.8 Å². The predicted octanol–water partition coefficient (Wildman–Crippen LogP) is 8.88. The molecule has 8 heteroatoms. The summed E-state index contributed by atoms with van der Waals surface area (Å²) in [4.78, 5) is 10.3. The van der Waals surface area contributed by atoms with E-state index >= 15 is 0 Å². The van der Waals surface area contributed by atoms with Crippen molar-refractivity contribution in [3.05, 3.63) is 138 Å². The van der Waals surface area contributed by atoms with Gasteiger partial charge in [-0.2, -0.15) is 5.10 Å². The summed E-state index contributed by atoms with van der Waals surface area (Å²) >= 11 is 0. The monoisotopic (exact) mass is 700 g/mol. The van der Waals surface area contributed by atoms with Crippen LogP contribution in [0.1, 0.15) is 44.0 Å². The van der Waals surface area contributed by atoms with Crippen molar-refractivity contribution in [2.75, 3.05) is 36.0 Å². The molecular formula is C45H48N8. The third-order valence-electron chi connectivity index (χ3n) is 10.7. The third-order valence-corrected chi connectivity index (χ3v) is 10.7. The molecule has 6 aromatic rings. The van der Waals surface area contributed by atoms with Gasteiger partial charge in [0.15, 0.2) is 17.5 Å². The van der Waals surface area contributed by atoms with Crippen molar-refractivity contribution in [2.24, 2.45) is 11.8 Å². The molecular weight excluding hydrogens is 653 g/mol. The van der Waals surface area contributed by atoms with Gasteiger partial charge in [0.2, 0.25) is 0 Å². The second-order valence-corrected chi connectivity index (χ2v) is 14.9. The van der Waals surface area contributed by atoms with Crippen molar-refractivity contribution in [1.82, 2.24) is 30.7 Å². The van der Waals surface area contributed by atoms with E-state index in [0.29, 0.717) is 36.8 Å². The van der Waals surface area contributed by atoms with E-state index in [-0.39, 0.29) is 0 Å². The third kappa shape index (κ3) is 7.37. The number of aromatic nitrogens is 5. The zero-order valence-electron chi connectivity index (χ0n) is 31.1. The summed E-state index contributed by atoms with van der Waals surface area (Å²) in [6.07, 6.45) is 5.63. The van der Waals surface area contributed by atoms with Crippen molar-refractivity contribution >= 4 is 28.1 Å². The van der Waals surface area contributed by atoms with Crippen LogP contribution in [-0.2, 0) is 6.54 Å². The molecule has 4 aromatic carbocycles. The Bertz CT molecular complexity index is 2260. The summed E-state index contributed by atoms with van der Waals surface area (Å²) in [5.41, 5.74) is 10.5. The Hall–Kier alpha value is -5.60. The van der Waals surface area contributed by atoms with Crippen LogP contribution in [0.15, 0.2) is 121 Å². The van der Waals surface area contributed by atoms with Gasteiger partial charge in [0, 0.05) is 55.4 Å². The lowest BCUT2D eigenvalue weighted by atomic mass is 9.87. The quantitative estimate of drug-likeness (QED) is 0.148. The van der Waals surface area contributed by atoms with E-state index in [4.69, 9.17) is 15.2 Å². The fourth-order valence-electron chi connectivity index (χ4n) is 7.76. The summed E-state index contributed by atoms with van der Waals surface area (Å²) in [7, 11) is 0. The highest BCUT2D eigenvalue weighted by Crippen LogP contribution is 2.36. The van der Waals surface area contributed by atoms with E-state index in [1.54, 1.807) is 0 Å². The summed E-state index contributed by atoms with van der Waals surface area (Å²) < 4.78 is 0. The molecule has 0 radical (unpaired) electrons. The topological polar surface area (TPSA) is 85.9 Å². The number of rotatable bonds is 10. The molecule has 2 N–H and O–H groups in total. The number of nitrogens with one attached hydrogen (secondary N) is 2. The summed E-state index contributed by atoms with van der Waals surface area (Å²) in [6.45, 7) is 12.8. The second-order valence-electron chi connectivity index (χ2n) is 14.9. The SMILES string of the molecule is Cc1[nH]nc2ccc(-c3nnc(N(CC4=C(c5ccccc5)C=CC(C)C4)Cc4ccccc4-c4ccccc4)c(N4CCN[C@@H](C(C)C)C4)n3)cc12. The highest BCUT2D eigenvalue weighted by Gasteiger charge is 2.29. The van der Waals surface area contributed by atoms with Crippen molar-refractivity contribution in [3.8, 4) is 22.5 Å². The Morgan fingerprint density at radius 3 is 2.40 bits per heavy atom. The average Bonchev–Trinajstić information content (AvgIpc) is 3.58. The van der Waals surface area contributed by atoms with Crippen LogP contribution in [0, 0.1) is 18.8 Å². The van der Waals surface area contributed by atoms with Crippen molar-refractivity contribution in [3.63, 3.8) is 0 Å². The minimum atomic E-state index is 0.337. The van der Waals surface area contributed by atoms with Crippen LogP contribution in [0.25, 0.3) is 39.0 Å². The van der Waals surface area contributed by atoms with E-state index < -0.39 is 0 Å². The molecule has 0 saturated carbocycles. The molecule has 2 aromatic heterocycles. The van der Waals surface area contributed by atoms with Gasteiger partial charge in [-0.25, -0.2) is 4.98 Å². The highest BCUT2D eigenvalue weighted by atomic mass is 15.4. The van der Waals surface area contributed by atoms with Gasteiger partial charge in [0.1, 0.15) is 0 Å². The Kier molecular flexibility index (Phi) is 9.87. The van der Waals surface area contributed by atoms with E-state index in [1.807, 2.05) is 13.0 Å². The number of allylic oxidation sites excluding steroid dienone is 3. The zero-order valence-corrected chi connectivity index (χ0v) is 31.1. The number of H-pyrrole nitrogens is 1. The summed E-state index contributed by atoms with van der Waals surface area (Å²) in [5.74, 6) is 3.22. The molecule has 0 spiro atoms.